The Morgan fingerprint density at radius 2 is 1.83 bits per heavy atom. The van der Waals surface area contributed by atoms with Crippen molar-refractivity contribution in [2.24, 2.45) is 0 Å². The second-order valence-corrected chi connectivity index (χ2v) is 8.65. The lowest BCUT2D eigenvalue weighted by molar-refractivity contribution is -0.139. The van der Waals surface area contributed by atoms with E-state index in [1.807, 2.05) is 41.0 Å². The normalized spacial score (nSPS) is 19.3. The second kappa shape index (κ2) is 9.19. The third-order valence-corrected chi connectivity index (χ3v) is 6.34. The van der Waals surface area contributed by atoms with Crippen LogP contribution in [-0.4, -0.2) is 47.8 Å². The van der Waals surface area contributed by atoms with Crippen LogP contribution >= 0.6 is 11.6 Å². The fourth-order valence-electron chi connectivity index (χ4n) is 4.47. The highest BCUT2D eigenvalue weighted by molar-refractivity contribution is 6.31. The molecule has 0 saturated carbocycles. The molecule has 6 heteroatoms. The predicted octanol–water partition coefficient (Wildman–Crippen LogP) is 4.20. The molecule has 1 saturated heterocycles. The molecule has 1 atom stereocenters. The number of hydrogen-bond donors (Lipinski definition) is 1. The van der Waals surface area contributed by atoms with E-state index in [1.54, 1.807) is 12.1 Å². The van der Waals surface area contributed by atoms with Gasteiger partial charge in [0.2, 0.25) is 11.8 Å². The van der Waals surface area contributed by atoms with Gasteiger partial charge in [0.25, 0.3) is 0 Å². The summed E-state index contributed by atoms with van der Waals surface area (Å²) in [7, 11) is 0. The number of hydrogen-bond acceptors (Lipinski definition) is 3. The Labute approximate surface area is 183 Å². The number of amides is 2. The molecule has 2 aliphatic heterocycles. The summed E-state index contributed by atoms with van der Waals surface area (Å²) in [6.45, 7) is 4.40. The van der Waals surface area contributed by atoms with E-state index in [-0.39, 0.29) is 18.4 Å². The molecule has 2 aromatic carbocycles. The Morgan fingerprint density at radius 3 is 2.63 bits per heavy atom. The summed E-state index contributed by atoms with van der Waals surface area (Å²) >= 11 is 6.09. The van der Waals surface area contributed by atoms with Gasteiger partial charge in [-0.3, -0.25) is 14.5 Å². The third kappa shape index (κ3) is 4.52. The van der Waals surface area contributed by atoms with Crippen LogP contribution in [0.25, 0.3) is 0 Å². The number of fused-ring (bicyclic) bond motifs is 1. The van der Waals surface area contributed by atoms with Gasteiger partial charge in [-0.2, -0.15) is 0 Å². The van der Waals surface area contributed by atoms with Gasteiger partial charge in [-0.1, -0.05) is 41.9 Å². The number of nitrogens with zero attached hydrogens (tertiary/aromatic N) is 2. The SMILES string of the molecule is Cc1ccc(Cl)cc1NC(=O)CN1CCc2ccccc2[C@H]1C(=O)N1CCCCC1. The van der Waals surface area contributed by atoms with E-state index in [1.165, 1.54) is 12.0 Å². The summed E-state index contributed by atoms with van der Waals surface area (Å²) in [4.78, 5) is 30.4. The molecule has 5 nitrogen and oxygen atoms in total. The van der Waals surface area contributed by atoms with Crippen molar-refractivity contribution in [3.05, 3.63) is 64.2 Å². The third-order valence-electron chi connectivity index (χ3n) is 6.11. The van der Waals surface area contributed by atoms with Crippen LogP contribution in [0, 0.1) is 6.92 Å². The van der Waals surface area contributed by atoms with Crippen molar-refractivity contribution in [2.75, 3.05) is 31.5 Å². The number of aryl methyl sites for hydroxylation is 1. The Morgan fingerprint density at radius 1 is 1.07 bits per heavy atom. The zero-order valence-electron chi connectivity index (χ0n) is 17.4. The fourth-order valence-corrected chi connectivity index (χ4v) is 4.64. The molecule has 0 aromatic heterocycles. The molecule has 30 heavy (non-hydrogen) atoms. The highest BCUT2D eigenvalue weighted by Crippen LogP contribution is 2.32. The van der Waals surface area contributed by atoms with Crippen LogP contribution in [0.2, 0.25) is 5.02 Å². The molecule has 0 unspecified atom stereocenters. The number of halogens is 1. The number of piperidine rings is 1. The minimum Gasteiger partial charge on any atom is -0.341 e. The first-order valence-electron chi connectivity index (χ1n) is 10.7. The molecule has 0 bridgehead atoms. The molecule has 4 rings (SSSR count). The minimum absolute atomic E-state index is 0.119. The number of anilines is 1. The average molecular weight is 426 g/mol. The highest BCUT2D eigenvalue weighted by Gasteiger charge is 2.36. The number of rotatable bonds is 4. The first kappa shape index (κ1) is 20.9. The maximum Gasteiger partial charge on any atom is 0.244 e. The van der Waals surface area contributed by atoms with Crippen LogP contribution < -0.4 is 5.32 Å². The van der Waals surface area contributed by atoms with Crippen LogP contribution in [0.15, 0.2) is 42.5 Å². The summed E-state index contributed by atoms with van der Waals surface area (Å²) in [5.41, 5.74) is 3.91. The maximum absolute atomic E-state index is 13.5. The Balaban J connectivity index is 1.55. The van der Waals surface area contributed by atoms with Crippen LogP contribution in [0.4, 0.5) is 5.69 Å². The smallest absolute Gasteiger partial charge is 0.244 e. The van der Waals surface area contributed by atoms with Crippen molar-refractivity contribution in [2.45, 2.75) is 38.6 Å². The van der Waals surface area contributed by atoms with Crippen molar-refractivity contribution in [3.8, 4) is 0 Å². The summed E-state index contributed by atoms with van der Waals surface area (Å²) < 4.78 is 0. The summed E-state index contributed by atoms with van der Waals surface area (Å²) in [6.07, 6.45) is 4.11. The van der Waals surface area contributed by atoms with Gasteiger partial charge in [-0.25, -0.2) is 0 Å². The van der Waals surface area contributed by atoms with Crippen molar-refractivity contribution in [1.29, 1.82) is 0 Å². The number of benzene rings is 2. The predicted molar refractivity (Wildman–Crippen MR) is 120 cm³/mol. The first-order chi connectivity index (χ1) is 14.5. The quantitative estimate of drug-likeness (QED) is 0.798. The molecule has 2 aromatic rings. The maximum atomic E-state index is 13.5. The van der Waals surface area contributed by atoms with E-state index < -0.39 is 6.04 Å². The van der Waals surface area contributed by atoms with Crippen molar-refractivity contribution in [1.82, 2.24) is 9.80 Å². The minimum atomic E-state index is -0.403. The van der Waals surface area contributed by atoms with Crippen LogP contribution in [-0.2, 0) is 16.0 Å². The van der Waals surface area contributed by atoms with Gasteiger partial charge in [0.15, 0.2) is 0 Å². The van der Waals surface area contributed by atoms with E-state index in [9.17, 15) is 9.59 Å². The number of likely N-dealkylation sites (tertiary alicyclic amines) is 1. The van der Waals surface area contributed by atoms with Crippen LogP contribution in [0.3, 0.4) is 0 Å². The summed E-state index contributed by atoms with van der Waals surface area (Å²) in [5.74, 6) is -0.00946. The molecule has 158 valence electrons. The lowest BCUT2D eigenvalue weighted by atomic mass is 9.91. The molecular weight excluding hydrogens is 398 g/mol. The molecule has 1 N–H and O–H groups in total. The topological polar surface area (TPSA) is 52.7 Å². The fraction of sp³-hybridized carbons (Fsp3) is 0.417. The molecule has 1 fully saturated rings. The van der Waals surface area contributed by atoms with Gasteiger partial charge in [-0.15, -0.1) is 0 Å². The zero-order valence-corrected chi connectivity index (χ0v) is 18.1. The lowest BCUT2D eigenvalue weighted by Crippen LogP contribution is -2.49. The van der Waals surface area contributed by atoms with Gasteiger partial charge < -0.3 is 10.2 Å². The van der Waals surface area contributed by atoms with Crippen LogP contribution in [0.5, 0.6) is 0 Å². The van der Waals surface area contributed by atoms with E-state index in [0.717, 1.165) is 43.5 Å². The number of nitrogens with one attached hydrogen (secondary N) is 1. The van der Waals surface area contributed by atoms with Crippen molar-refractivity contribution < 1.29 is 9.59 Å². The van der Waals surface area contributed by atoms with Gasteiger partial charge in [0.1, 0.15) is 6.04 Å². The molecule has 2 heterocycles. The van der Waals surface area contributed by atoms with Crippen molar-refractivity contribution >= 4 is 29.1 Å². The standard InChI is InChI=1S/C24H28ClN3O2/c1-17-9-10-19(25)15-21(17)26-22(29)16-28-14-11-18-7-3-4-8-20(18)23(28)24(30)27-12-5-2-6-13-27/h3-4,7-10,15,23H,2,5-6,11-14,16H2,1H3,(H,26,29)/t23-/m0/s1. The number of carbonyl (C=O) groups excluding carboxylic acids is 2. The molecule has 0 radical (unpaired) electrons. The Bertz CT molecular complexity index is 940. The average Bonchev–Trinajstić information content (AvgIpc) is 2.76. The Kier molecular flexibility index (Phi) is 6.40. The van der Waals surface area contributed by atoms with Gasteiger partial charge >= 0.3 is 0 Å². The van der Waals surface area contributed by atoms with Gasteiger partial charge in [0, 0.05) is 30.3 Å². The second-order valence-electron chi connectivity index (χ2n) is 8.22. The Hall–Kier alpha value is -2.37. The molecule has 2 amide bonds. The largest absolute Gasteiger partial charge is 0.341 e. The van der Waals surface area contributed by atoms with E-state index in [4.69, 9.17) is 11.6 Å². The monoisotopic (exact) mass is 425 g/mol. The molecular formula is C24H28ClN3O2. The van der Waals surface area contributed by atoms with Gasteiger partial charge in [0.05, 0.1) is 6.54 Å². The lowest BCUT2D eigenvalue weighted by Gasteiger charge is -2.39. The van der Waals surface area contributed by atoms with Gasteiger partial charge in [-0.05, 0) is 61.4 Å². The van der Waals surface area contributed by atoms with Crippen molar-refractivity contribution in [3.63, 3.8) is 0 Å². The first-order valence-corrected chi connectivity index (χ1v) is 11.1. The van der Waals surface area contributed by atoms with Crippen LogP contribution in [0.1, 0.15) is 42.0 Å². The van der Waals surface area contributed by atoms with E-state index >= 15 is 0 Å². The zero-order chi connectivity index (χ0) is 21.1. The molecule has 0 spiro atoms. The number of carbonyl (C=O) groups is 2. The van der Waals surface area contributed by atoms with E-state index in [0.29, 0.717) is 17.3 Å². The summed E-state index contributed by atoms with van der Waals surface area (Å²) in [5, 5.41) is 3.56. The summed E-state index contributed by atoms with van der Waals surface area (Å²) in [6, 6.07) is 13.2. The molecule has 2 aliphatic rings. The van der Waals surface area contributed by atoms with E-state index in [2.05, 4.69) is 11.4 Å². The highest BCUT2D eigenvalue weighted by atomic mass is 35.5. The molecule has 0 aliphatic carbocycles.